The van der Waals surface area contributed by atoms with Crippen molar-refractivity contribution in [2.45, 2.75) is 90.6 Å². The maximum Gasteiger partial charge on any atom is 0.332 e. The highest BCUT2D eigenvalue weighted by Gasteiger charge is 2.54. The van der Waals surface area contributed by atoms with Gasteiger partial charge in [0.25, 0.3) is 5.56 Å². The minimum Gasteiger partial charge on any atom is -0.463 e. The van der Waals surface area contributed by atoms with Gasteiger partial charge in [-0.05, 0) is 0 Å². The molecule has 2 fully saturated rings. The van der Waals surface area contributed by atoms with Crippen LogP contribution in [-0.2, 0) is 66.7 Å². The first kappa shape index (κ1) is 35.5. The standard InChI is InChI=1S/C27H32N4O17/c1-9(32)41-7-15-18(43-11(3)34)20(45-13(5)36)24(47-15)30-17-22(28-26(30)39)31(27(40)29-23(17)38)25-21(46-14(6)37)19(44-12(4)35)16(48-25)8-42-10(2)33/h15-16,18-21,24-25H,7-8H2,1-6H3,(H,28,39)(H,29,38,40)/t15-,16+,18+,19-,20-,21-,24-,25+/m0/s1. The molecule has 0 unspecified atom stereocenters. The molecule has 0 bridgehead atoms. The summed E-state index contributed by atoms with van der Waals surface area (Å²) in [4.78, 5) is 116. The summed E-state index contributed by atoms with van der Waals surface area (Å²) in [5, 5.41) is 0. The van der Waals surface area contributed by atoms with Gasteiger partial charge in [0.1, 0.15) is 25.4 Å². The molecule has 262 valence electrons. The number of nitrogens with one attached hydrogen (secondary N) is 2. The Morgan fingerprint density at radius 2 is 0.938 bits per heavy atom. The number of carbonyl (C=O) groups is 6. The van der Waals surface area contributed by atoms with E-state index in [0.29, 0.717) is 9.13 Å². The summed E-state index contributed by atoms with van der Waals surface area (Å²) in [7, 11) is 0. The van der Waals surface area contributed by atoms with Crippen LogP contribution >= 0.6 is 0 Å². The van der Waals surface area contributed by atoms with E-state index in [2.05, 4.69) is 4.98 Å². The Hall–Kier alpha value is -5.31. The van der Waals surface area contributed by atoms with Gasteiger partial charge in [-0.15, -0.1) is 0 Å². The Kier molecular flexibility index (Phi) is 10.5. The summed E-state index contributed by atoms with van der Waals surface area (Å²) in [6.07, 6.45) is -12.1. The summed E-state index contributed by atoms with van der Waals surface area (Å²) in [5.74, 6) is -5.00. The number of hydrogen-bond donors (Lipinski definition) is 2. The third kappa shape index (κ3) is 7.46. The van der Waals surface area contributed by atoms with Crippen LogP contribution in [0.4, 0.5) is 0 Å². The molecule has 0 radical (unpaired) electrons. The van der Waals surface area contributed by atoms with Crippen LogP contribution in [-0.4, -0.2) is 105 Å². The number of fused-ring (bicyclic) bond motifs is 1. The van der Waals surface area contributed by atoms with E-state index >= 15 is 0 Å². The van der Waals surface area contributed by atoms with E-state index in [1.54, 1.807) is 0 Å². The molecule has 21 heteroatoms. The minimum atomic E-state index is -1.72. The second-order valence-electron chi connectivity index (χ2n) is 10.7. The molecule has 0 aliphatic carbocycles. The molecule has 0 saturated carbocycles. The van der Waals surface area contributed by atoms with Gasteiger partial charge in [-0.1, -0.05) is 0 Å². The highest BCUT2D eigenvalue weighted by molar-refractivity contribution is 5.71. The minimum absolute atomic E-state index is 0.525. The van der Waals surface area contributed by atoms with Crippen molar-refractivity contribution in [3.8, 4) is 0 Å². The first-order chi connectivity index (χ1) is 22.5. The van der Waals surface area contributed by atoms with Gasteiger partial charge >= 0.3 is 47.2 Å². The van der Waals surface area contributed by atoms with E-state index in [1.165, 1.54) is 0 Å². The van der Waals surface area contributed by atoms with Crippen LogP contribution in [0.3, 0.4) is 0 Å². The first-order valence-corrected chi connectivity index (χ1v) is 14.3. The Balaban J connectivity index is 1.91. The highest BCUT2D eigenvalue weighted by atomic mass is 16.7. The molecule has 0 spiro atoms. The molecule has 0 aromatic carbocycles. The lowest BCUT2D eigenvalue weighted by Gasteiger charge is -2.24. The highest BCUT2D eigenvalue weighted by Crippen LogP contribution is 2.37. The number of aromatic amines is 2. The number of carbonyl (C=O) groups excluding carboxylic acids is 6. The fourth-order valence-corrected chi connectivity index (χ4v) is 5.43. The number of hydrogen-bond acceptors (Lipinski definition) is 17. The van der Waals surface area contributed by atoms with E-state index in [-0.39, 0.29) is 0 Å². The third-order valence-electron chi connectivity index (χ3n) is 6.99. The molecule has 2 aromatic rings. The predicted octanol–water partition coefficient (Wildman–Crippen LogP) is -2.17. The normalized spacial score (nSPS) is 26.5. The van der Waals surface area contributed by atoms with E-state index in [0.717, 1.165) is 41.5 Å². The van der Waals surface area contributed by atoms with Crippen molar-refractivity contribution < 1.29 is 66.7 Å². The van der Waals surface area contributed by atoms with Crippen molar-refractivity contribution in [3.05, 3.63) is 31.3 Å². The van der Waals surface area contributed by atoms with Crippen molar-refractivity contribution in [2.75, 3.05) is 13.2 Å². The molecule has 2 aliphatic heterocycles. The van der Waals surface area contributed by atoms with Gasteiger partial charge in [0.15, 0.2) is 48.0 Å². The number of imidazole rings is 1. The molecule has 4 heterocycles. The van der Waals surface area contributed by atoms with Gasteiger partial charge in [0.2, 0.25) is 0 Å². The second-order valence-corrected chi connectivity index (χ2v) is 10.7. The fraction of sp³-hybridized carbons (Fsp3) is 0.593. The Labute approximate surface area is 268 Å². The number of rotatable bonds is 10. The van der Waals surface area contributed by atoms with Gasteiger partial charge in [-0.25, -0.2) is 14.2 Å². The van der Waals surface area contributed by atoms with Gasteiger partial charge in [-0.2, -0.15) is 0 Å². The molecule has 2 N–H and O–H groups in total. The third-order valence-corrected chi connectivity index (χ3v) is 6.99. The van der Waals surface area contributed by atoms with E-state index in [1.807, 2.05) is 4.98 Å². The van der Waals surface area contributed by atoms with Crippen LogP contribution in [0.25, 0.3) is 11.2 Å². The quantitative estimate of drug-likeness (QED) is 0.199. The predicted molar refractivity (Wildman–Crippen MR) is 151 cm³/mol. The van der Waals surface area contributed by atoms with Gasteiger partial charge in [-0.3, -0.25) is 48.1 Å². The summed E-state index contributed by atoms with van der Waals surface area (Å²) in [6, 6.07) is 0. The molecule has 2 saturated heterocycles. The van der Waals surface area contributed by atoms with Crippen molar-refractivity contribution in [1.82, 2.24) is 19.1 Å². The summed E-state index contributed by atoms with van der Waals surface area (Å²) in [6.45, 7) is 5.26. The molecule has 21 nitrogen and oxygen atoms in total. The molecule has 4 rings (SSSR count). The number of nitrogens with zero attached hydrogens (tertiary/aromatic N) is 2. The fourth-order valence-electron chi connectivity index (χ4n) is 5.43. The summed E-state index contributed by atoms with van der Waals surface area (Å²) in [5.41, 5.74) is -4.57. The smallest absolute Gasteiger partial charge is 0.332 e. The molecule has 8 atom stereocenters. The Bertz CT molecular complexity index is 1800. The van der Waals surface area contributed by atoms with Gasteiger partial charge < -0.3 is 37.9 Å². The van der Waals surface area contributed by atoms with Crippen LogP contribution in [0.2, 0.25) is 0 Å². The van der Waals surface area contributed by atoms with Crippen LogP contribution in [0.1, 0.15) is 54.0 Å². The van der Waals surface area contributed by atoms with Gasteiger partial charge in [0.05, 0.1) is 0 Å². The number of H-pyrrole nitrogens is 2. The number of esters is 6. The van der Waals surface area contributed by atoms with Crippen molar-refractivity contribution in [3.63, 3.8) is 0 Å². The molecule has 2 aromatic heterocycles. The van der Waals surface area contributed by atoms with Crippen LogP contribution in [0.5, 0.6) is 0 Å². The van der Waals surface area contributed by atoms with Crippen molar-refractivity contribution in [1.29, 1.82) is 0 Å². The number of ether oxygens (including phenoxy) is 8. The zero-order valence-corrected chi connectivity index (χ0v) is 26.4. The van der Waals surface area contributed by atoms with E-state index in [4.69, 9.17) is 37.9 Å². The largest absolute Gasteiger partial charge is 0.463 e. The molecular weight excluding hydrogens is 652 g/mol. The van der Waals surface area contributed by atoms with E-state index < -0.39 is 126 Å². The average molecular weight is 685 g/mol. The zero-order valence-electron chi connectivity index (χ0n) is 26.4. The molecule has 48 heavy (non-hydrogen) atoms. The lowest BCUT2D eigenvalue weighted by Crippen LogP contribution is -2.43. The Morgan fingerprint density at radius 3 is 1.33 bits per heavy atom. The molecular formula is C27H32N4O17. The summed E-state index contributed by atoms with van der Waals surface area (Å²) < 4.78 is 44.5. The Morgan fingerprint density at radius 1 is 0.562 bits per heavy atom. The second kappa shape index (κ2) is 14.2. The van der Waals surface area contributed by atoms with Crippen molar-refractivity contribution >= 4 is 47.0 Å². The monoisotopic (exact) mass is 684 g/mol. The van der Waals surface area contributed by atoms with Crippen LogP contribution < -0.4 is 16.9 Å². The maximum atomic E-state index is 13.6. The average Bonchev–Trinajstić information content (AvgIpc) is 3.57. The lowest BCUT2D eigenvalue weighted by atomic mass is 10.1. The van der Waals surface area contributed by atoms with Crippen LogP contribution in [0.15, 0.2) is 14.4 Å². The number of aromatic nitrogens is 4. The van der Waals surface area contributed by atoms with Gasteiger partial charge in [0, 0.05) is 41.5 Å². The zero-order chi connectivity index (χ0) is 35.6. The summed E-state index contributed by atoms with van der Waals surface area (Å²) >= 11 is 0. The SMILES string of the molecule is CC(=O)OC[C@@H]1O[C@H](n2c(=O)[nH]c3c2c(=O)[nH]c(=O)n3[C@@H]2O[C@H](COC(C)=O)[C@H](OC(C)=O)[C@@H]2OC(C)=O)[C@@H](OC(C)=O)[C@@H]1OC(C)=O. The first-order valence-electron chi connectivity index (χ1n) is 14.3. The molecule has 0 amide bonds. The maximum absolute atomic E-state index is 13.6. The van der Waals surface area contributed by atoms with E-state index in [9.17, 15) is 43.2 Å². The topological polar surface area (TPSA) is 269 Å². The lowest BCUT2D eigenvalue weighted by molar-refractivity contribution is -0.166. The van der Waals surface area contributed by atoms with Crippen LogP contribution in [0, 0.1) is 0 Å². The molecule has 2 aliphatic rings. The van der Waals surface area contributed by atoms with Crippen molar-refractivity contribution in [2.24, 2.45) is 0 Å².